The summed E-state index contributed by atoms with van der Waals surface area (Å²) in [7, 11) is 0. The van der Waals surface area contributed by atoms with Gasteiger partial charge in [0.05, 0.1) is 4.92 Å². The van der Waals surface area contributed by atoms with Crippen LogP contribution in [0.15, 0.2) is 50.9 Å². The highest BCUT2D eigenvalue weighted by atomic mass is 32.2. The largest absolute Gasteiger partial charge is 0.294 e. The third kappa shape index (κ3) is 2.37. The summed E-state index contributed by atoms with van der Waals surface area (Å²) in [5.74, 6) is 0. The molecular formula is C10H7NO2S2. The molecule has 0 fully saturated rings. The summed E-state index contributed by atoms with van der Waals surface area (Å²) in [6.07, 6.45) is 0. The van der Waals surface area contributed by atoms with Crippen LogP contribution in [-0.2, 0) is 0 Å². The quantitative estimate of drug-likeness (QED) is 0.602. The first-order chi connectivity index (χ1) is 7.27. The summed E-state index contributed by atoms with van der Waals surface area (Å²) in [5, 5.41) is 12.4. The van der Waals surface area contributed by atoms with Crippen LogP contribution in [0, 0.1) is 10.1 Å². The van der Waals surface area contributed by atoms with Gasteiger partial charge >= 0.3 is 0 Å². The van der Waals surface area contributed by atoms with Crippen LogP contribution in [0.2, 0.25) is 0 Å². The molecule has 0 spiro atoms. The van der Waals surface area contributed by atoms with Gasteiger partial charge in [0.2, 0.25) is 0 Å². The Morgan fingerprint density at radius 1 is 1.20 bits per heavy atom. The average molecular weight is 237 g/mol. The van der Waals surface area contributed by atoms with Gasteiger partial charge in [-0.3, -0.25) is 10.1 Å². The van der Waals surface area contributed by atoms with Gasteiger partial charge in [-0.15, -0.1) is 11.3 Å². The Bertz CT molecular complexity index is 467. The third-order valence-electron chi connectivity index (χ3n) is 1.76. The van der Waals surface area contributed by atoms with E-state index < -0.39 is 0 Å². The molecule has 0 aliphatic rings. The summed E-state index contributed by atoms with van der Waals surface area (Å²) in [6.45, 7) is 0. The van der Waals surface area contributed by atoms with Gasteiger partial charge in [-0.2, -0.15) is 0 Å². The van der Waals surface area contributed by atoms with Crippen LogP contribution in [-0.4, -0.2) is 4.92 Å². The second-order valence-corrected chi connectivity index (χ2v) is 5.02. The molecule has 76 valence electrons. The topological polar surface area (TPSA) is 43.1 Å². The first-order valence-corrected chi connectivity index (χ1v) is 5.92. The Labute approximate surface area is 94.9 Å². The molecule has 0 N–H and O–H groups in total. The molecule has 0 saturated heterocycles. The highest BCUT2D eigenvalue weighted by Crippen LogP contribution is 2.38. The van der Waals surface area contributed by atoms with Crippen LogP contribution in [0.3, 0.4) is 0 Å². The molecule has 0 unspecified atom stereocenters. The fraction of sp³-hybridized carbons (Fsp3) is 0. The smallest absolute Gasteiger partial charge is 0.258 e. The Morgan fingerprint density at radius 3 is 2.60 bits per heavy atom. The van der Waals surface area contributed by atoms with Gasteiger partial charge in [0.1, 0.15) is 4.21 Å². The molecule has 15 heavy (non-hydrogen) atoms. The van der Waals surface area contributed by atoms with E-state index in [1.54, 1.807) is 5.38 Å². The Morgan fingerprint density at radius 2 is 1.93 bits per heavy atom. The van der Waals surface area contributed by atoms with Crippen LogP contribution < -0.4 is 0 Å². The molecule has 0 bridgehead atoms. The number of nitrogens with zero attached hydrogens (tertiary/aromatic N) is 1. The Kier molecular flexibility index (Phi) is 3.03. The summed E-state index contributed by atoms with van der Waals surface area (Å²) in [4.78, 5) is 11.3. The molecule has 0 aliphatic carbocycles. The van der Waals surface area contributed by atoms with Gasteiger partial charge in [-0.1, -0.05) is 30.0 Å². The van der Waals surface area contributed by atoms with Crippen molar-refractivity contribution in [1.82, 2.24) is 0 Å². The number of thiophene rings is 1. The monoisotopic (exact) mass is 237 g/mol. The molecular weight excluding hydrogens is 230 g/mol. The van der Waals surface area contributed by atoms with Crippen LogP contribution in [0.4, 0.5) is 5.69 Å². The molecule has 0 amide bonds. The van der Waals surface area contributed by atoms with Crippen LogP contribution >= 0.6 is 23.1 Å². The lowest BCUT2D eigenvalue weighted by Gasteiger charge is -1.97. The zero-order chi connectivity index (χ0) is 10.7. The molecule has 1 heterocycles. The van der Waals surface area contributed by atoms with E-state index in [1.165, 1.54) is 29.2 Å². The summed E-state index contributed by atoms with van der Waals surface area (Å²) in [6, 6.07) is 11.2. The second-order valence-electron chi connectivity index (χ2n) is 2.77. The number of hydrogen-bond donors (Lipinski definition) is 0. The maximum Gasteiger partial charge on any atom is 0.294 e. The first kappa shape index (κ1) is 10.2. The average Bonchev–Trinajstić information content (AvgIpc) is 2.67. The predicted octanol–water partition coefficient (Wildman–Crippen LogP) is 3.81. The number of nitro groups is 1. The number of rotatable bonds is 3. The standard InChI is InChI=1S/C10H7NO2S2/c12-11(13)9-6-7-14-10(9)15-8-4-2-1-3-5-8/h1-7H. The van der Waals surface area contributed by atoms with Gasteiger partial charge in [-0.25, -0.2) is 0 Å². The lowest BCUT2D eigenvalue weighted by Crippen LogP contribution is -1.85. The van der Waals surface area contributed by atoms with Gasteiger partial charge in [0.25, 0.3) is 5.69 Å². The van der Waals surface area contributed by atoms with Crippen molar-refractivity contribution in [2.75, 3.05) is 0 Å². The molecule has 2 rings (SSSR count). The molecule has 1 aromatic carbocycles. The highest BCUT2D eigenvalue weighted by Gasteiger charge is 2.15. The van der Waals surface area contributed by atoms with Crippen molar-refractivity contribution in [3.63, 3.8) is 0 Å². The highest BCUT2D eigenvalue weighted by molar-refractivity contribution is 8.01. The fourth-order valence-corrected chi connectivity index (χ4v) is 3.08. The maximum atomic E-state index is 10.7. The summed E-state index contributed by atoms with van der Waals surface area (Å²) in [5.41, 5.74) is 0.189. The minimum Gasteiger partial charge on any atom is -0.258 e. The molecule has 3 nitrogen and oxygen atoms in total. The van der Waals surface area contributed by atoms with Crippen LogP contribution in [0.1, 0.15) is 0 Å². The van der Waals surface area contributed by atoms with Crippen LogP contribution in [0.25, 0.3) is 0 Å². The second kappa shape index (κ2) is 4.46. The zero-order valence-corrected chi connectivity index (χ0v) is 9.25. The van der Waals surface area contributed by atoms with Crippen molar-refractivity contribution in [2.45, 2.75) is 9.10 Å². The van der Waals surface area contributed by atoms with E-state index in [-0.39, 0.29) is 10.6 Å². The minimum absolute atomic E-state index is 0.189. The Balaban J connectivity index is 2.25. The van der Waals surface area contributed by atoms with Gasteiger partial charge in [0.15, 0.2) is 0 Å². The zero-order valence-electron chi connectivity index (χ0n) is 7.62. The molecule has 0 aliphatic heterocycles. The van der Waals surface area contributed by atoms with Crippen molar-refractivity contribution in [2.24, 2.45) is 0 Å². The molecule has 2 aromatic rings. The van der Waals surface area contributed by atoms with Crippen molar-refractivity contribution < 1.29 is 4.92 Å². The van der Waals surface area contributed by atoms with Gasteiger partial charge in [0, 0.05) is 11.0 Å². The number of hydrogen-bond acceptors (Lipinski definition) is 4. The van der Waals surface area contributed by atoms with E-state index in [1.807, 2.05) is 30.3 Å². The lowest BCUT2D eigenvalue weighted by molar-refractivity contribution is -0.387. The van der Waals surface area contributed by atoms with E-state index in [0.717, 1.165) is 9.10 Å². The first-order valence-electron chi connectivity index (χ1n) is 4.22. The van der Waals surface area contributed by atoms with Gasteiger partial charge < -0.3 is 0 Å². The van der Waals surface area contributed by atoms with Crippen molar-refractivity contribution in [1.29, 1.82) is 0 Å². The summed E-state index contributed by atoms with van der Waals surface area (Å²) < 4.78 is 0.728. The molecule has 5 heteroatoms. The molecule has 0 atom stereocenters. The molecule has 0 radical (unpaired) electrons. The fourth-order valence-electron chi connectivity index (χ4n) is 1.10. The normalized spacial score (nSPS) is 10.1. The lowest BCUT2D eigenvalue weighted by atomic mass is 10.4. The van der Waals surface area contributed by atoms with Crippen molar-refractivity contribution in [3.05, 3.63) is 51.9 Å². The molecule has 0 saturated carbocycles. The third-order valence-corrected chi connectivity index (χ3v) is 3.90. The van der Waals surface area contributed by atoms with E-state index in [9.17, 15) is 10.1 Å². The van der Waals surface area contributed by atoms with E-state index >= 15 is 0 Å². The molecule has 1 aromatic heterocycles. The Hall–Kier alpha value is -1.33. The van der Waals surface area contributed by atoms with E-state index in [0.29, 0.717) is 0 Å². The van der Waals surface area contributed by atoms with Crippen molar-refractivity contribution >= 4 is 28.8 Å². The predicted molar refractivity (Wildman–Crippen MR) is 61.5 cm³/mol. The van der Waals surface area contributed by atoms with Crippen molar-refractivity contribution in [3.8, 4) is 0 Å². The SMILES string of the molecule is O=[N+]([O-])c1ccsc1Sc1ccccc1. The van der Waals surface area contributed by atoms with E-state index in [2.05, 4.69) is 0 Å². The van der Waals surface area contributed by atoms with E-state index in [4.69, 9.17) is 0 Å². The van der Waals surface area contributed by atoms with Crippen LogP contribution in [0.5, 0.6) is 0 Å². The summed E-state index contributed by atoms with van der Waals surface area (Å²) >= 11 is 2.82. The minimum atomic E-state index is -0.345. The maximum absolute atomic E-state index is 10.7. The number of benzene rings is 1. The van der Waals surface area contributed by atoms with Gasteiger partial charge in [-0.05, 0) is 17.5 Å².